The van der Waals surface area contributed by atoms with Gasteiger partial charge < -0.3 is 5.32 Å². The number of rotatable bonds is 7. The van der Waals surface area contributed by atoms with E-state index >= 15 is 0 Å². The minimum atomic E-state index is -0.159. The Hall–Kier alpha value is -3.72. The van der Waals surface area contributed by atoms with E-state index in [1.807, 2.05) is 24.3 Å². The van der Waals surface area contributed by atoms with Crippen LogP contribution in [0.2, 0.25) is 0 Å². The molecule has 4 rings (SSSR count). The molecule has 0 saturated heterocycles. The van der Waals surface area contributed by atoms with Crippen LogP contribution in [0.5, 0.6) is 0 Å². The van der Waals surface area contributed by atoms with E-state index < -0.39 is 0 Å². The van der Waals surface area contributed by atoms with Crippen LogP contribution in [-0.4, -0.2) is 10.9 Å². The minimum Gasteiger partial charge on any atom is -0.344 e. The van der Waals surface area contributed by atoms with Crippen LogP contribution in [-0.2, 0) is 12.8 Å². The highest BCUT2D eigenvalue weighted by molar-refractivity contribution is 5.92. The van der Waals surface area contributed by atoms with Gasteiger partial charge in [0.1, 0.15) is 5.69 Å². The maximum Gasteiger partial charge on any atom is 0.270 e. The molecule has 0 saturated carbocycles. The molecule has 1 unspecified atom stereocenters. The summed E-state index contributed by atoms with van der Waals surface area (Å²) in [4.78, 5) is 17.0. The molecule has 1 amide bonds. The summed E-state index contributed by atoms with van der Waals surface area (Å²) in [6.07, 6.45) is 3.29. The van der Waals surface area contributed by atoms with Crippen molar-refractivity contribution in [2.24, 2.45) is 0 Å². The molecule has 31 heavy (non-hydrogen) atoms. The predicted molar refractivity (Wildman–Crippen MR) is 125 cm³/mol. The summed E-state index contributed by atoms with van der Waals surface area (Å²) in [6, 6.07) is 32.6. The quantitative estimate of drug-likeness (QED) is 0.424. The molecule has 4 aromatic rings. The standard InChI is InChI=1S/C28H26N2O/c1-21(30-28(31)26-17-8-9-18-29-26)27-24(19-22-11-4-2-5-12-22)15-10-16-25(27)20-23-13-6-3-7-14-23/h2-18,21H,19-20H2,1H3,(H,30,31). The van der Waals surface area contributed by atoms with E-state index in [-0.39, 0.29) is 11.9 Å². The number of pyridine rings is 1. The second-order valence-corrected chi connectivity index (χ2v) is 7.72. The Labute approximate surface area is 183 Å². The number of amides is 1. The molecule has 3 heteroatoms. The Morgan fingerprint density at radius 3 is 1.81 bits per heavy atom. The first-order valence-corrected chi connectivity index (χ1v) is 10.6. The van der Waals surface area contributed by atoms with Crippen molar-refractivity contribution in [2.45, 2.75) is 25.8 Å². The van der Waals surface area contributed by atoms with Crippen molar-refractivity contribution in [3.8, 4) is 0 Å². The molecule has 154 valence electrons. The monoisotopic (exact) mass is 406 g/mol. The summed E-state index contributed by atoms with van der Waals surface area (Å²) < 4.78 is 0. The number of benzene rings is 3. The molecule has 3 nitrogen and oxygen atoms in total. The Bertz CT molecular complexity index is 1070. The third-order valence-corrected chi connectivity index (χ3v) is 5.44. The van der Waals surface area contributed by atoms with Crippen molar-refractivity contribution in [3.05, 3.63) is 137 Å². The SMILES string of the molecule is CC(NC(=O)c1ccccn1)c1c(Cc2ccccc2)cccc1Cc1ccccc1. The molecule has 0 radical (unpaired) electrons. The molecule has 0 fully saturated rings. The lowest BCUT2D eigenvalue weighted by molar-refractivity contribution is 0.0934. The zero-order chi connectivity index (χ0) is 21.5. The van der Waals surface area contributed by atoms with Gasteiger partial charge in [-0.1, -0.05) is 84.9 Å². The first kappa shape index (κ1) is 20.5. The summed E-state index contributed by atoms with van der Waals surface area (Å²) in [5.41, 5.74) is 6.58. The minimum absolute atomic E-state index is 0.145. The molecule has 0 spiro atoms. The average molecular weight is 407 g/mol. The number of hydrogen-bond donors (Lipinski definition) is 1. The van der Waals surface area contributed by atoms with E-state index in [1.54, 1.807) is 12.3 Å². The molecular weight excluding hydrogens is 380 g/mol. The summed E-state index contributed by atoms with van der Waals surface area (Å²) >= 11 is 0. The van der Waals surface area contributed by atoms with Crippen molar-refractivity contribution in [2.75, 3.05) is 0 Å². The fourth-order valence-electron chi connectivity index (χ4n) is 4.00. The van der Waals surface area contributed by atoms with Crippen LogP contribution in [0.1, 0.15) is 51.3 Å². The van der Waals surface area contributed by atoms with E-state index in [0.717, 1.165) is 12.8 Å². The highest BCUT2D eigenvalue weighted by Gasteiger charge is 2.19. The van der Waals surface area contributed by atoms with Gasteiger partial charge in [0.2, 0.25) is 0 Å². The molecule has 0 aliphatic rings. The van der Waals surface area contributed by atoms with Crippen molar-refractivity contribution in [1.82, 2.24) is 10.3 Å². The molecule has 0 aliphatic heterocycles. The van der Waals surface area contributed by atoms with Crippen LogP contribution in [0.15, 0.2) is 103 Å². The molecule has 1 atom stereocenters. The Balaban J connectivity index is 1.68. The second-order valence-electron chi connectivity index (χ2n) is 7.72. The van der Waals surface area contributed by atoms with E-state index in [4.69, 9.17) is 0 Å². The van der Waals surface area contributed by atoms with E-state index in [9.17, 15) is 4.79 Å². The lowest BCUT2D eigenvalue weighted by atomic mass is 9.89. The number of hydrogen-bond acceptors (Lipinski definition) is 2. The van der Waals surface area contributed by atoms with Crippen LogP contribution in [0, 0.1) is 0 Å². The van der Waals surface area contributed by atoms with Gasteiger partial charge in [-0.25, -0.2) is 0 Å². The van der Waals surface area contributed by atoms with Crippen LogP contribution < -0.4 is 5.32 Å². The lowest BCUT2D eigenvalue weighted by Gasteiger charge is -2.22. The molecule has 0 bridgehead atoms. The first-order chi connectivity index (χ1) is 15.2. The van der Waals surface area contributed by atoms with Crippen LogP contribution >= 0.6 is 0 Å². The highest BCUT2D eigenvalue weighted by atomic mass is 16.1. The predicted octanol–water partition coefficient (Wildman–Crippen LogP) is 5.75. The van der Waals surface area contributed by atoms with Gasteiger partial charge in [0.05, 0.1) is 6.04 Å². The van der Waals surface area contributed by atoms with Gasteiger partial charge in [0.25, 0.3) is 5.91 Å². The Morgan fingerprint density at radius 2 is 1.29 bits per heavy atom. The zero-order valence-electron chi connectivity index (χ0n) is 17.7. The molecule has 1 heterocycles. The van der Waals surface area contributed by atoms with Gasteiger partial charge in [0, 0.05) is 6.20 Å². The highest BCUT2D eigenvalue weighted by Crippen LogP contribution is 2.27. The molecule has 3 aromatic carbocycles. The van der Waals surface area contributed by atoms with Crippen molar-refractivity contribution in [3.63, 3.8) is 0 Å². The fourth-order valence-corrected chi connectivity index (χ4v) is 4.00. The number of carbonyl (C=O) groups is 1. The van der Waals surface area contributed by atoms with Crippen LogP contribution in [0.25, 0.3) is 0 Å². The van der Waals surface area contributed by atoms with E-state index in [1.165, 1.54) is 27.8 Å². The normalized spacial score (nSPS) is 11.6. The van der Waals surface area contributed by atoms with Gasteiger partial charge in [-0.15, -0.1) is 0 Å². The number of carbonyl (C=O) groups excluding carboxylic acids is 1. The van der Waals surface area contributed by atoms with E-state index in [0.29, 0.717) is 5.69 Å². The largest absolute Gasteiger partial charge is 0.344 e. The molecule has 1 aromatic heterocycles. The number of aromatic nitrogens is 1. The van der Waals surface area contributed by atoms with Gasteiger partial charge >= 0.3 is 0 Å². The zero-order valence-corrected chi connectivity index (χ0v) is 17.7. The van der Waals surface area contributed by atoms with Crippen molar-refractivity contribution in [1.29, 1.82) is 0 Å². The van der Waals surface area contributed by atoms with E-state index in [2.05, 4.69) is 84.0 Å². The molecular formula is C28H26N2O. The van der Waals surface area contributed by atoms with Gasteiger partial charge in [0.15, 0.2) is 0 Å². The third-order valence-electron chi connectivity index (χ3n) is 5.44. The molecule has 1 N–H and O–H groups in total. The first-order valence-electron chi connectivity index (χ1n) is 10.6. The number of nitrogens with one attached hydrogen (secondary N) is 1. The average Bonchev–Trinajstić information content (AvgIpc) is 2.81. The van der Waals surface area contributed by atoms with Crippen LogP contribution in [0.3, 0.4) is 0 Å². The Kier molecular flexibility index (Phi) is 6.53. The Morgan fingerprint density at radius 1 is 0.742 bits per heavy atom. The van der Waals surface area contributed by atoms with Gasteiger partial charge in [-0.2, -0.15) is 0 Å². The topological polar surface area (TPSA) is 42.0 Å². The summed E-state index contributed by atoms with van der Waals surface area (Å²) in [5.74, 6) is -0.159. The maximum atomic E-state index is 12.8. The maximum absolute atomic E-state index is 12.8. The van der Waals surface area contributed by atoms with Gasteiger partial charge in [-0.05, 0) is 59.7 Å². The van der Waals surface area contributed by atoms with Crippen molar-refractivity contribution < 1.29 is 4.79 Å². The van der Waals surface area contributed by atoms with Crippen molar-refractivity contribution >= 4 is 5.91 Å². The summed E-state index contributed by atoms with van der Waals surface area (Å²) in [5, 5.41) is 3.16. The fraction of sp³-hybridized carbons (Fsp3) is 0.143. The van der Waals surface area contributed by atoms with Crippen LogP contribution in [0.4, 0.5) is 0 Å². The smallest absolute Gasteiger partial charge is 0.270 e. The summed E-state index contributed by atoms with van der Waals surface area (Å²) in [6.45, 7) is 2.05. The molecule has 0 aliphatic carbocycles. The van der Waals surface area contributed by atoms with Gasteiger partial charge in [-0.3, -0.25) is 9.78 Å². The summed E-state index contributed by atoms with van der Waals surface area (Å²) in [7, 11) is 0. The number of nitrogens with zero attached hydrogens (tertiary/aromatic N) is 1. The second kappa shape index (κ2) is 9.86. The lowest BCUT2D eigenvalue weighted by Crippen LogP contribution is -2.29. The third kappa shape index (κ3) is 5.26.